The summed E-state index contributed by atoms with van der Waals surface area (Å²) in [7, 11) is 0. The van der Waals surface area contributed by atoms with E-state index in [1.54, 1.807) is 0 Å². The Bertz CT molecular complexity index is 212. The standard InChI is InChI=1S/C6H7FN2O/c7-6(5(8)10)1-3-9-4-2-6/h1,3-4H,2H2,(H2,8,10). The molecule has 0 aromatic heterocycles. The van der Waals surface area contributed by atoms with Crippen LogP contribution in [-0.4, -0.2) is 17.8 Å². The van der Waals surface area contributed by atoms with E-state index in [1.165, 1.54) is 12.4 Å². The van der Waals surface area contributed by atoms with Crippen molar-refractivity contribution < 1.29 is 9.18 Å². The first-order chi connectivity index (χ1) is 4.65. The van der Waals surface area contributed by atoms with Gasteiger partial charge in [-0.3, -0.25) is 9.79 Å². The van der Waals surface area contributed by atoms with Crippen LogP contribution in [0.2, 0.25) is 0 Å². The molecule has 4 heteroatoms. The number of carbonyl (C=O) groups is 1. The molecule has 0 saturated heterocycles. The quantitative estimate of drug-likeness (QED) is 0.557. The third-order valence-corrected chi connectivity index (χ3v) is 1.33. The van der Waals surface area contributed by atoms with E-state index in [-0.39, 0.29) is 6.42 Å². The Balaban J connectivity index is 2.80. The van der Waals surface area contributed by atoms with E-state index in [2.05, 4.69) is 4.99 Å². The molecule has 0 aromatic carbocycles. The van der Waals surface area contributed by atoms with E-state index < -0.39 is 11.6 Å². The maximum atomic E-state index is 13.0. The Labute approximate surface area is 57.4 Å². The molecule has 1 aliphatic heterocycles. The number of halogens is 1. The minimum atomic E-state index is -2.01. The second kappa shape index (κ2) is 2.21. The lowest BCUT2D eigenvalue weighted by Gasteiger charge is -2.16. The molecule has 1 amide bonds. The third-order valence-electron chi connectivity index (χ3n) is 1.33. The van der Waals surface area contributed by atoms with Gasteiger partial charge < -0.3 is 5.73 Å². The number of hydrogen-bond donors (Lipinski definition) is 1. The second-order valence-corrected chi connectivity index (χ2v) is 2.08. The number of alkyl halides is 1. The van der Waals surface area contributed by atoms with Crippen molar-refractivity contribution in [3.8, 4) is 0 Å². The SMILES string of the molecule is NC(=O)C1(F)C=CN=CC1. The van der Waals surface area contributed by atoms with Crippen LogP contribution in [0.1, 0.15) is 6.42 Å². The highest BCUT2D eigenvalue weighted by atomic mass is 19.1. The summed E-state index contributed by atoms with van der Waals surface area (Å²) in [6.07, 6.45) is 3.56. The summed E-state index contributed by atoms with van der Waals surface area (Å²) in [5, 5.41) is 0. The Morgan fingerprint density at radius 2 is 2.50 bits per heavy atom. The average Bonchev–Trinajstić information content (AvgIpc) is 1.89. The summed E-state index contributed by atoms with van der Waals surface area (Å²) >= 11 is 0. The monoisotopic (exact) mass is 142 g/mol. The molecule has 0 aromatic rings. The fourth-order valence-corrected chi connectivity index (χ4v) is 0.658. The van der Waals surface area contributed by atoms with Crippen LogP contribution in [0.25, 0.3) is 0 Å². The molecule has 2 N–H and O–H groups in total. The van der Waals surface area contributed by atoms with E-state index >= 15 is 0 Å². The predicted octanol–water partition coefficient (Wildman–Crippen LogP) is 0.168. The van der Waals surface area contributed by atoms with Crippen molar-refractivity contribution in [3.63, 3.8) is 0 Å². The zero-order chi connectivity index (χ0) is 7.61. The van der Waals surface area contributed by atoms with E-state index in [0.29, 0.717) is 0 Å². The molecule has 0 saturated carbocycles. The van der Waals surface area contributed by atoms with Crippen molar-refractivity contribution in [1.29, 1.82) is 0 Å². The lowest BCUT2D eigenvalue weighted by molar-refractivity contribution is -0.126. The number of nitrogens with two attached hydrogens (primary N) is 1. The summed E-state index contributed by atoms with van der Waals surface area (Å²) in [6, 6.07) is 0. The molecular formula is C6H7FN2O. The second-order valence-electron chi connectivity index (χ2n) is 2.08. The Kier molecular flexibility index (Phi) is 1.53. The molecule has 0 spiro atoms. The van der Waals surface area contributed by atoms with Gasteiger partial charge in [-0.05, 0) is 6.08 Å². The summed E-state index contributed by atoms with van der Waals surface area (Å²) in [6.45, 7) is 0. The molecule has 1 atom stereocenters. The number of nitrogens with zero attached hydrogens (tertiary/aromatic N) is 1. The van der Waals surface area contributed by atoms with Gasteiger partial charge in [0.15, 0.2) is 0 Å². The van der Waals surface area contributed by atoms with Gasteiger partial charge in [0.1, 0.15) is 0 Å². The maximum absolute atomic E-state index is 13.0. The van der Waals surface area contributed by atoms with Crippen LogP contribution < -0.4 is 5.73 Å². The molecular weight excluding hydrogens is 135 g/mol. The number of rotatable bonds is 1. The normalized spacial score (nSPS) is 30.5. The van der Waals surface area contributed by atoms with Crippen molar-refractivity contribution >= 4 is 12.1 Å². The molecule has 0 radical (unpaired) electrons. The van der Waals surface area contributed by atoms with Crippen LogP contribution in [-0.2, 0) is 4.79 Å². The van der Waals surface area contributed by atoms with Gasteiger partial charge in [0, 0.05) is 18.8 Å². The molecule has 0 fully saturated rings. The zero-order valence-electron chi connectivity index (χ0n) is 5.25. The summed E-state index contributed by atoms with van der Waals surface area (Å²) < 4.78 is 13.0. The van der Waals surface area contributed by atoms with Crippen LogP contribution in [0, 0.1) is 0 Å². The molecule has 1 rings (SSSR count). The first kappa shape index (κ1) is 6.92. The van der Waals surface area contributed by atoms with Crippen molar-refractivity contribution in [2.75, 3.05) is 0 Å². The largest absolute Gasteiger partial charge is 0.367 e. The Hall–Kier alpha value is -1.19. The molecule has 1 unspecified atom stereocenters. The fourth-order valence-electron chi connectivity index (χ4n) is 0.658. The van der Waals surface area contributed by atoms with E-state index in [1.807, 2.05) is 0 Å². The highest BCUT2D eigenvalue weighted by Gasteiger charge is 2.33. The molecule has 1 heterocycles. The van der Waals surface area contributed by atoms with Crippen molar-refractivity contribution in [1.82, 2.24) is 0 Å². The highest BCUT2D eigenvalue weighted by molar-refractivity contribution is 5.89. The van der Waals surface area contributed by atoms with Crippen LogP contribution in [0.3, 0.4) is 0 Å². The summed E-state index contributed by atoms with van der Waals surface area (Å²) in [5.74, 6) is -0.963. The first-order valence-electron chi connectivity index (χ1n) is 2.83. The molecule has 1 aliphatic rings. The van der Waals surface area contributed by atoms with E-state index in [9.17, 15) is 9.18 Å². The smallest absolute Gasteiger partial charge is 0.259 e. The molecule has 3 nitrogen and oxygen atoms in total. The number of primary amides is 1. The van der Waals surface area contributed by atoms with Gasteiger partial charge in [0.25, 0.3) is 5.91 Å². The van der Waals surface area contributed by atoms with E-state index in [0.717, 1.165) is 6.08 Å². The fraction of sp³-hybridized carbons (Fsp3) is 0.333. The molecule has 0 aliphatic carbocycles. The maximum Gasteiger partial charge on any atom is 0.259 e. The van der Waals surface area contributed by atoms with Crippen LogP contribution in [0.4, 0.5) is 4.39 Å². The number of aliphatic imine (C=N–C) groups is 1. The average molecular weight is 142 g/mol. The minimum Gasteiger partial charge on any atom is -0.367 e. The van der Waals surface area contributed by atoms with Crippen molar-refractivity contribution in [3.05, 3.63) is 12.3 Å². The lowest BCUT2D eigenvalue weighted by atomic mass is 10.0. The highest BCUT2D eigenvalue weighted by Crippen LogP contribution is 2.18. The van der Waals surface area contributed by atoms with Crippen LogP contribution in [0.15, 0.2) is 17.3 Å². The van der Waals surface area contributed by atoms with Crippen LogP contribution in [0.5, 0.6) is 0 Å². The number of carbonyl (C=O) groups excluding carboxylic acids is 1. The molecule has 0 bridgehead atoms. The van der Waals surface area contributed by atoms with E-state index in [4.69, 9.17) is 5.73 Å². The zero-order valence-corrected chi connectivity index (χ0v) is 5.25. The minimum absolute atomic E-state index is 0.0567. The topological polar surface area (TPSA) is 55.5 Å². The van der Waals surface area contributed by atoms with Gasteiger partial charge >= 0.3 is 0 Å². The van der Waals surface area contributed by atoms with Crippen molar-refractivity contribution in [2.24, 2.45) is 10.7 Å². The summed E-state index contributed by atoms with van der Waals surface area (Å²) in [5.41, 5.74) is 2.76. The van der Waals surface area contributed by atoms with Gasteiger partial charge in [-0.2, -0.15) is 0 Å². The van der Waals surface area contributed by atoms with Gasteiger partial charge in [-0.25, -0.2) is 4.39 Å². The predicted molar refractivity (Wildman–Crippen MR) is 35.3 cm³/mol. The third kappa shape index (κ3) is 1.05. The summed E-state index contributed by atoms with van der Waals surface area (Å²) in [4.78, 5) is 14.0. The van der Waals surface area contributed by atoms with Crippen molar-refractivity contribution in [2.45, 2.75) is 12.1 Å². The first-order valence-corrected chi connectivity index (χ1v) is 2.83. The Morgan fingerprint density at radius 1 is 1.80 bits per heavy atom. The van der Waals surface area contributed by atoms with Gasteiger partial charge in [-0.1, -0.05) is 0 Å². The number of hydrogen-bond acceptors (Lipinski definition) is 2. The molecule has 54 valence electrons. The Morgan fingerprint density at radius 3 is 2.80 bits per heavy atom. The van der Waals surface area contributed by atoms with Gasteiger partial charge in [0.2, 0.25) is 5.67 Å². The van der Waals surface area contributed by atoms with Gasteiger partial charge in [0.05, 0.1) is 0 Å². The number of amides is 1. The lowest BCUT2D eigenvalue weighted by Crippen LogP contribution is -2.38. The molecule has 10 heavy (non-hydrogen) atoms. The van der Waals surface area contributed by atoms with Crippen LogP contribution >= 0.6 is 0 Å². The van der Waals surface area contributed by atoms with Gasteiger partial charge in [-0.15, -0.1) is 0 Å².